The van der Waals surface area contributed by atoms with Gasteiger partial charge in [0.05, 0.1) is 22.3 Å². The van der Waals surface area contributed by atoms with Crippen LogP contribution in [0.25, 0.3) is 61.6 Å². The molecular formula is C52H57N3O. The first kappa shape index (κ1) is 38.8. The quantitative estimate of drug-likeness (QED) is 0.191. The molecule has 0 amide bonds. The molecule has 0 spiro atoms. The molecule has 0 fully saturated rings. The van der Waals surface area contributed by atoms with E-state index in [2.05, 4.69) is 185 Å². The van der Waals surface area contributed by atoms with Gasteiger partial charge in [-0.3, -0.25) is 9.55 Å². The van der Waals surface area contributed by atoms with Gasteiger partial charge in [0, 0.05) is 28.6 Å². The minimum Gasteiger partial charge on any atom is -0.507 e. The number of rotatable bonds is 5. The summed E-state index contributed by atoms with van der Waals surface area (Å²) in [5.41, 5.74) is 14.1. The lowest BCUT2D eigenvalue weighted by Crippen LogP contribution is -2.17. The first-order valence-electron chi connectivity index (χ1n) is 19.9. The Morgan fingerprint density at radius 3 is 1.64 bits per heavy atom. The van der Waals surface area contributed by atoms with E-state index in [4.69, 9.17) is 9.97 Å². The summed E-state index contributed by atoms with van der Waals surface area (Å²) >= 11 is 0. The lowest BCUT2D eigenvalue weighted by Gasteiger charge is -2.27. The van der Waals surface area contributed by atoms with Crippen molar-refractivity contribution in [2.45, 2.75) is 105 Å². The Labute approximate surface area is 334 Å². The van der Waals surface area contributed by atoms with Crippen LogP contribution in [0.3, 0.4) is 0 Å². The molecule has 286 valence electrons. The minimum atomic E-state index is -0.283. The Balaban J connectivity index is 1.56. The first-order chi connectivity index (χ1) is 26.2. The van der Waals surface area contributed by atoms with Gasteiger partial charge in [-0.05, 0) is 110 Å². The molecule has 2 aromatic heterocycles. The summed E-state index contributed by atoms with van der Waals surface area (Å²) in [4.78, 5) is 10.3. The fourth-order valence-corrected chi connectivity index (χ4v) is 7.45. The molecule has 0 aliphatic rings. The van der Waals surface area contributed by atoms with Crippen LogP contribution < -0.4 is 0 Å². The predicted molar refractivity (Wildman–Crippen MR) is 237 cm³/mol. The van der Waals surface area contributed by atoms with E-state index in [1.54, 1.807) is 0 Å². The molecule has 5 aromatic carbocycles. The van der Waals surface area contributed by atoms with E-state index in [0.29, 0.717) is 5.82 Å². The highest BCUT2D eigenvalue weighted by Gasteiger charge is 2.29. The van der Waals surface area contributed by atoms with Crippen molar-refractivity contribution in [3.63, 3.8) is 0 Å². The van der Waals surface area contributed by atoms with E-state index < -0.39 is 0 Å². The highest BCUT2D eigenvalue weighted by Crippen LogP contribution is 2.45. The summed E-state index contributed by atoms with van der Waals surface area (Å²) in [5.74, 6) is 0.980. The SMILES string of the molecule is CC(C)(C)c1cc(-c2cc(-c3ccccn3)cc(-c3cccc4c3nc(-c3cc(C(C)(C)C)cc(C(C)(C)C)c3O)n4-c3ccccc3)c2)cc(C(C)(C)C)c1. The zero-order valence-corrected chi connectivity index (χ0v) is 35.3. The average Bonchev–Trinajstić information content (AvgIpc) is 3.53. The van der Waals surface area contributed by atoms with E-state index in [0.717, 1.165) is 61.4 Å². The molecule has 2 heterocycles. The van der Waals surface area contributed by atoms with Crippen molar-refractivity contribution >= 4 is 11.0 Å². The van der Waals surface area contributed by atoms with E-state index >= 15 is 0 Å². The zero-order valence-electron chi connectivity index (χ0n) is 35.3. The third-order valence-electron chi connectivity index (χ3n) is 10.9. The molecule has 7 rings (SSSR count). The molecule has 56 heavy (non-hydrogen) atoms. The number of phenols is 1. The molecule has 0 saturated heterocycles. The number of imidazole rings is 1. The minimum absolute atomic E-state index is 0.0214. The van der Waals surface area contributed by atoms with Crippen LogP contribution in [-0.2, 0) is 21.7 Å². The van der Waals surface area contributed by atoms with Gasteiger partial charge in [0.1, 0.15) is 11.6 Å². The third-order valence-corrected chi connectivity index (χ3v) is 10.9. The van der Waals surface area contributed by atoms with Crippen LogP contribution in [0.15, 0.2) is 121 Å². The smallest absolute Gasteiger partial charge is 0.149 e. The molecule has 0 aliphatic heterocycles. The zero-order chi connectivity index (χ0) is 40.4. The summed E-state index contributed by atoms with van der Waals surface area (Å²) in [7, 11) is 0. The van der Waals surface area contributed by atoms with E-state index in [1.807, 2.05) is 24.4 Å². The molecule has 1 N–H and O–H groups in total. The van der Waals surface area contributed by atoms with Crippen molar-refractivity contribution in [2.75, 3.05) is 0 Å². The van der Waals surface area contributed by atoms with Gasteiger partial charge in [0.25, 0.3) is 0 Å². The Morgan fingerprint density at radius 1 is 0.482 bits per heavy atom. The van der Waals surface area contributed by atoms with Crippen molar-refractivity contribution in [1.82, 2.24) is 14.5 Å². The van der Waals surface area contributed by atoms with Gasteiger partial charge >= 0.3 is 0 Å². The molecule has 0 saturated carbocycles. The third kappa shape index (κ3) is 7.54. The lowest BCUT2D eigenvalue weighted by atomic mass is 9.78. The number of para-hydroxylation sites is 2. The Morgan fingerprint density at radius 2 is 1.05 bits per heavy atom. The fraction of sp³-hybridized carbons (Fsp3) is 0.308. The summed E-state index contributed by atoms with van der Waals surface area (Å²) in [5, 5.41) is 12.2. The van der Waals surface area contributed by atoms with Gasteiger partial charge in [-0.15, -0.1) is 0 Å². The second-order valence-electron chi connectivity index (χ2n) is 19.5. The Hall–Kier alpha value is -5.48. The van der Waals surface area contributed by atoms with Gasteiger partial charge < -0.3 is 5.11 Å². The molecule has 0 aliphatic carbocycles. The van der Waals surface area contributed by atoms with Gasteiger partial charge in [-0.25, -0.2) is 4.98 Å². The summed E-state index contributed by atoms with van der Waals surface area (Å²) in [6, 6.07) is 41.1. The molecule has 0 radical (unpaired) electrons. The predicted octanol–water partition coefficient (Wildman–Crippen LogP) is 14.0. The van der Waals surface area contributed by atoms with Crippen molar-refractivity contribution in [3.05, 3.63) is 144 Å². The van der Waals surface area contributed by atoms with Crippen LogP contribution in [0.1, 0.15) is 105 Å². The standard InChI is InChI=1S/C52H57N3O/c1-49(2,3)37-28-34(29-38(30-37)50(4,5)6)33-25-35(27-36(26-33)44-22-16-17-24-53-44)41-21-18-23-45-46(41)54-48(55(45)40-19-14-13-15-20-40)42-31-39(51(7,8)9)32-43(47(42)56)52(10,11)12/h13-32,56H,1-12H3. The number of aromatic hydroxyl groups is 1. The maximum atomic E-state index is 12.2. The largest absolute Gasteiger partial charge is 0.507 e. The Bertz CT molecular complexity index is 2520. The molecular weight excluding hydrogens is 683 g/mol. The van der Waals surface area contributed by atoms with Gasteiger partial charge in [-0.2, -0.15) is 0 Å². The molecule has 4 nitrogen and oxygen atoms in total. The van der Waals surface area contributed by atoms with Crippen LogP contribution in [0, 0.1) is 0 Å². The van der Waals surface area contributed by atoms with Crippen molar-refractivity contribution in [3.8, 4) is 56.3 Å². The number of nitrogens with zero attached hydrogens (tertiary/aromatic N) is 3. The number of fused-ring (bicyclic) bond motifs is 1. The number of hydrogen-bond acceptors (Lipinski definition) is 3. The summed E-state index contributed by atoms with van der Waals surface area (Å²) in [6.45, 7) is 26.9. The van der Waals surface area contributed by atoms with Crippen LogP contribution in [0.4, 0.5) is 0 Å². The second-order valence-corrected chi connectivity index (χ2v) is 19.5. The average molecular weight is 740 g/mol. The summed E-state index contributed by atoms with van der Waals surface area (Å²) in [6.07, 6.45) is 1.86. The fourth-order valence-electron chi connectivity index (χ4n) is 7.45. The van der Waals surface area contributed by atoms with Gasteiger partial charge in [0.15, 0.2) is 0 Å². The number of hydrogen-bond donors (Lipinski definition) is 1. The molecule has 7 aromatic rings. The van der Waals surface area contributed by atoms with Crippen molar-refractivity contribution in [1.29, 1.82) is 0 Å². The molecule has 0 bridgehead atoms. The Kier molecular flexibility index (Phi) is 9.64. The topological polar surface area (TPSA) is 50.9 Å². The summed E-state index contributed by atoms with van der Waals surface area (Å²) < 4.78 is 2.21. The van der Waals surface area contributed by atoms with Crippen LogP contribution >= 0.6 is 0 Å². The normalized spacial score (nSPS) is 12.7. The van der Waals surface area contributed by atoms with Crippen molar-refractivity contribution in [2.24, 2.45) is 0 Å². The van der Waals surface area contributed by atoms with Gasteiger partial charge in [-0.1, -0.05) is 144 Å². The second kappa shape index (κ2) is 13.9. The van der Waals surface area contributed by atoms with E-state index in [-0.39, 0.29) is 27.4 Å². The monoisotopic (exact) mass is 739 g/mol. The number of phenolic OH excluding ortho intramolecular Hbond substituents is 1. The van der Waals surface area contributed by atoms with Crippen LogP contribution in [0.5, 0.6) is 5.75 Å². The number of aromatic nitrogens is 3. The van der Waals surface area contributed by atoms with Crippen LogP contribution in [-0.4, -0.2) is 19.6 Å². The van der Waals surface area contributed by atoms with Gasteiger partial charge in [0.2, 0.25) is 0 Å². The molecule has 0 unspecified atom stereocenters. The highest BCUT2D eigenvalue weighted by atomic mass is 16.3. The molecule has 0 atom stereocenters. The maximum absolute atomic E-state index is 12.2. The van der Waals surface area contributed by atoms with Crippen molar-refractivity contribution < 1.29 is 5.11 Å². The maximum Gasteiger partial charge on any atom is 0.149 e. The number of pyridine rings is 1. The number of benzene rings is 5. The molecule has 4 heteroatoms. The lowest BCUT2D eigenvalue weighted by molar-refractivity contribution is 0.446. The first-order valence-corrected chi connectivity index (χ1v) is 19.9. The van der Waals surface area contributed by atoms with E-state index in [1.165, 1.54) is 16.7 Å². The van der Waals surface area contributed by atoms with Crippen LogP contribution in [0.2, 0.25) is 0 Å². The van der Waals surface area contributed by atoms with E-state index in [9.17, 15) is 5.11 Å². The highest BCUT2D eigenvalue weighted by molar-refractivity contribution is 5.97.